The van der Waals surface area contributed by atoms with Crippen molar-refractivity contribution < 1.29 is 13.2 Å². The molecule has 32 heavy (non-hydrogen) atoms. The van der Waals surface area contributed by atoms with E-state index in [1.54, 1.807) is 6.07 Å². The highest BCUT2D eigenvalue weighted by Crippen LogP contribution is 2.30. The van der Waals surface area contributed by atoms with E-state index in [4.69, 9.17) is 0 Å². The van der Waals surface area contributed by atoms with Crippen molar-refractivity contribution in [2.24, 2.45) is 5.92 Å². The number of benzene rings is 2. The monoisotopic (exact) mass is 439 g/mol. The highest BCUT2D eigenvalue weighted by atomic mass is 19.4. The van der Waals surface area contributed by atoms with E-state index in [1.807, 2.05) is 47.2 Å². The summed E-state index contributed by atoms with van der Waals surface area (Å²) < 4.78 is 41.3. The molecule has 0 fully saturated rings. The third-order valence-electron chi connectivity index (χ3n) is 5.95. The Balaban J connectivity index is 1.84. The molecule has 0 saturated carbocycles. The highest BCUT2D eigenvalue weighted by molar-refractivity contribution is 5.37. The summed E-state index contributed by atoms with van der Waals surface area (Å²) in [5.74, 6) is 0.399. The molecule has 0 spiro atoms. The van der Waals surface area contributed by atoms with Gasteiger partial charge in [0.15, 0.2) is 0 Å². The van der Waals surface area contributed by atoms with Gasteiger partial charge < -0.3 is 4.57 Å². The Hall–Kier alpha value is -3.04. The molecule has 0 bridgehead atoms. The quantitative estimate of drug-likeness (QED) is 0.403. The molecule has 1 heterocycles. The van der Waals surface area contributed by atoms with Crippen molar-refractivity contribution in [3.63, 3.8) is 0 Å². The fraction of sp³-hybridized carbons (Fsp3) is 0.346. The third-order valence-corrected chi connectivity index (χ3v) is 5.95. The SMILES string of the molecule is CC(C)[C@@H](C)N(Cc1ccccc1C#N)Cc1cccn1Cc1cccc(C(F)(F)F)c1. The van der Waals surface area contributed by atoms with E-state index >= 15 is 0 Å². The number of alkyl halides is 3. The molecule has 0 aliphatic carbocycles. The van der Waals surface area contributed by atoms with Crippen molar-refractivity contribution in [1.82, 2.24) is 9.47 Å². The summed E-state index contributed by atoms with van der Waals surface area (Å²) >= 11 is 0. The number of rotatable bonds is 8. The van der Waals surface area contributed by atoms with E-state index in [0.29, 0.717) is 36.7 Å². The Labute approximate surface area is 187 Å². The Kier molecular flexibility index (Phi) is 7.42. The van der Waals surface area contributed by atoms with Gasteiger partial charge in [-0.15, -0.1) is 0 Å². The standard InChI is InChI=1S/C26H28F3N3/c1-19(2)20(3)32(17-23-10-5-4-9-22(23)15-30)18-25-12-7-13-31(25)16-21-8-6-11-24(14-21)26(27,28)29/h4-14,19-20H,16-18H2,1-3H3/t20-/m1/s1. The fourth-order valence-corrected chi connectivity index (χ4v) is 3.75. The van der Waals surface area contributed by atoms with Crippen LogP contribution in [0.5, 0.6) is 0 Å². The molecule has 0 aliphatic rings. The Morgan fingerprint density at radius 3 is 2.41 bits per heavy atom. The van der Waals surface area contributed by atoms with Crippen LogP contribution in [0.4, 0.5) is 13.2 Å². The van der Waals surface area contributed by atoms with Gasteiger partial charge in [-0.3, -0.25) is 4.90 Å². The molecule has 3 nitrogen and oxygen atoms in total. The molecule has 0 N–H and O–H groups in total. The second-order valence-electron chi connectivity index (χ2n) is 8.48. The fourth-order valence-electron chi connectivity index (χ4n) is 3.75. The molecule has 168 valence electrons. The maximum atomic E-state index is 13.1. The minimum absolute atomic E-state index is 0.249. The van der Waals surface area contributed by atoms with Gasteiger partial charge in [-0.05, 0) is 54.3 Å². The van der Waals surface area contributed by atoms with Crippen LogP contribution in [0.1, 0.15) is 48.7 Å². The Bertz CT molecular complexity index is 1080. The largest absolute Gasteiger partial charge is 0.416 e. The van der Waals surface area contributed by atoms with Crippen molar-refractivity contribution >= 4 is 0 Å². The molecule has 0 radical (unpaired) electrons. The van der Waals surface area contributed by atoms with E-state index < -0.39 is 11.7 Å². The van der Waals surface area contributed by atoms with Crippen molar-refractivity contribution in [2.45, 2.75) is 52.6 Å². The number of nitriles is 1. The number of aromatic nitrogens is 1. The lowest BCUT2D eigenvalue weighted by Crippen LogP contribution is -2.36. The molecule has 6 heteroatoms. The summed E-state index contributed by atoms with van der Waals surface area (Å²) in [5, 5.41) is 9.47. The van der Waals surface area contributed by atoms with Gasteiger partial charge in [-0.1, -0.05) is 44.2 Å². The van der Waals surface area contributed by atoms with Gasteiger partial charge in [0.2, 0.25) is 0 Å². The zero-order chi connectivity index (χ0) is 23.3. The molecule has 0 aliphatic heterocycles. The highest BCUT2D eigenvalue weighted by Gasteiger charge is 2.30. The molecule has 0 saturated heterocycles. The van der Waals surface area contributed by atoms with Gasteiger partial charge in [0.25, 0.3) is 0 Å². The number of hydrogen-bond donors (Lipinski definition) is 0. The number of nitrogens with zero attached hydrogens (tertiary/aromatic N) is 3. The molecule has 3 rings (SSSR count). The van der Waals surface area contributed by atoms with Crippen LogP contribution in [0.2, 0.25) is 0 Å². The Morgan fingerprint density at radius 2 is 1.72 bits per heavy atom. The predicted molar refractivity (Wildman–Crippen MR) is 120 cm³/mol. The van der Waals surface area contributed by atoms with Gasteiger partial charge >= 0.3 is 6.18 Å². The average Bonchev–Trinajstić information content (AvgIpc) is 3.19. The normalized spacial score (nSPS) is 12.8. The first-order valence-corrected chi connectivity index (χ1v) is 10.7. The first kappa shape index (κ1) is 23.6. The van der Waals surface area contributed by atoms with E-state index in [1.165, 1.54) is 12.1 Å². The van der Waals surface area contributed by atoms with Crippen molar-refractivity contribution in [3.05, 3.63) is 94.8 Å². The van der Waals surface area contributed by atoms with Crippen LogP contribution in [0.15, 0.2) is 66.9 Å². The predicted octanol–water partition coefficient (Wildman–Crippen LogP) is 6.47. The smallest absolute Gasteiger partial charge is 0.346 e. The molecule has 0 unspecified atom stereocenters. The molecule has 1 aromatic heterocycles. The topological polar surface area (TPSA) is 32.0 Å². The number of hydrogen-bond acceptors (Lipinski definition) is 2. The summed E-state index contributed by atoms with van der Waals surface area (Å²) in [6.07, 6.45) is -2.45. The third kappa shape index (κ3) is 5.80. The lowest BCUT2D eigenvalue weighted by Gasteiger charge is -2.32. The zero-order valence-electron chi connectivity index (χ0n) is 18.6. The molecular weight excluding hydrogens is 411 g/mol. The van der Waals surface area contributed by atoms with Gasteiger partial charge in [0.1, 0.15) is 0 Å². The second kappa shape index (κ2) is 10.1. The van der Waals surface area contributed by atoms with Crippen LogP contribution in [0, 0.1) is 17.2 Å². The van der Waals surface area contributed by atoms with Crippen LogP contribution < -0.4 is 0 Å². The zero-order valence-corrected chi connectivity index (χ0v) is 18.6. The number of halogens is 3. The molecule has 3 aromatic rings. The van der Waals surface area contributed by atoms with Crippen molar-refractivity contribution in [3.8, 4) is 6.07 Å². The van der Waals surface area contributed by atoms with Crippen molar-refractivity contribution in [2.75, 3.05) is 0 Å². The van der Waals surface area contributed by atoms with Crippen LogP contribution in [0.25, 0.3) is 0 Å². The summed E-state index contributed by atoms with van der Waals surface area (Å²) in [5.41, 5.74) is 2.62. The van der Waals surface area contributed by atoms with E-state index in [2.05, 4.69) is 31.7 Å². The van der Waals surface area contributed by atoms with Crippen LogP contribution in [-0.2, 0) is 25.8 Å². The van der Waals surface area contributed by atoms with Crippen molar-refractivity contribution in [1.29, 1.82) is 5.26 Å². The second-order valence-corrected chi connectivity index (χ2v) is 8.48. The van der Waals surface area contributed by atoms with Crippen LogP contribution >= 0.6 is 0 Å². The first-order valence-electron chi connectivity index (χ1n) is 10.7. The van der Waals surface area contributed by atoms with E-state index in [-0.39, 0.29) is 6.04 Å². The van der Waals surface area contributed by atoms with Gasteiger partial charge in [0, 0.05) is 37.6 Å². The lowest BCUT2D eigenvalue weighted by atomic mass is 10.0. The van der Waals surface area contributed by atoms with Gasteiger partial charge in [0.05, 0.1) is 17.2 Å². The lowest BCUT2D eigenvalue weighted by molar-refractivity contribution is -0.137. The molecule has 0 amide bonds. The van der Waals surface area contributed by atoms with Gasteiger partial charge in [-0.2, -0.15) is 18.4 Å². The summed E-state index contributed by atoms with van der Waals surface area (Å²) in [7, 11) is 0. The molecule has 2 aromatic carbocycles. The van der Waals surface area contributed by atoms with E-state index in [0.717, 1.165) is 17.3 Å². The van der Waals surface area contributed by atoms with E-state index in [9.17, 15) is 18.4 Å². The molecular formula is C26H28F3N3. The summed E-state index contributed by atoms with van der Waals surface area (Å²) in [4.78, 5) is 2.32. The van der Waals surface area contributed by atoms with Crippen LogP contribution in [0.3, 0.4) is 0 Å². The average molecular weight is 440 g/mol. The minimum Gasteiger partial charge on any atom is -0.346 e. The maximum absolute atomic E-state index is 13.1. The Morgan fingerprint density at radius 1 is 0.969 bits per heavy atom. The summed E-state index contributed by atoms with van der Waals surface area (Å²) in [6.45, 7) is 8.11. The van der Waals surface area contributed by atoms with Crippen LogP contribution in [-0.4, -0.2) is 15.5 Å². The maximum Gasteiger partial charge on any atom is 0.416 e. The minimum atomic E-state index is -4.35. The summed E-state index contributed by atoms with van der Waals surface area (Å²) in [6, 6.07) is 19.5. The molecule has 1 atom stereocenters. The first-order chi connectivity index (χ1) is 15.2. The van der Waals surface area contributed by atoms with Gasteiger partial charge in [-0.25, -0.2) is 0 Å².